The molecule has 206 valence electrons. The first-order valence-corrected chi connectivity index (χ1v) is 12.7. The van der Waals surface area contributed by atoms with Gasteiger partial charge in [0.25, 0.3) is 11.8 Å². The number of barbiturate groups is 1. The van der Waals surface area contributed by atoms with Crippen molar-refractivity contribution in [1.29, 1.82) is 0 Å². The quantitative estimate of drug-likeness (QED) is 0.292. The van der Waals surface area contributed by atoms with Crippen molar-refractivity contribution in [1.82, 2.24) is 5.32 Å². The second-order valence-corrected chi connectivity index (χ2v) is 10.2. The Balaban J connectivity index is 1.57. The summed E-state index contributed by atoms with van der Waals surface area (Å²) >= 11 is 0. The third-order valence-electron chi connectivity index (χ3n) is 6.27. The zero-order chi connectivity index (χ0) is 29.0. The van der Waals surface area contributed by atoms with Crippen LogP contribution >= 0.6 is 0 Å². The lowest BCUT2D eigenvalue weighted by Crippen LogP contribution is -2.54. The minimum atomic E-state index is -1.01. The Bertz CT molecular complexity index is 1480. The summed E-state index contributed by atoms with van der Waals surface area (Å²) in [5.41, 5.74) is 2.53. The summed E-state index contributed by atoms with van der Waals surface area (Å²) in [5, 5.41) is 11.3. The highest BCUT2D eigenvalue weighted by atomic mass is 16.5. The molecule has 1 aliphatic heterocycles. The maximum atomic E-state index is 13.3. The van der Waals surface area contributed by atoms with E-state index in [0.29, 0.717) is 29.4 Å². The molecule has 3 aromatic rings. The number of aromatic carboxylic acids is 1. The van der Waals surface area contributed by atoms with Gasteiger partial charge in [0.15, 0.2) is 11.5 Å². The average Bonchev–Trinajstić information content (AvgIpc) is 2.90. The molecule has 1 fully saturated rings. The van der Waals surface area contributed by atoms with Crippen molar-refractivity contribution in [3.8, 4) is 11.5 Å². The molecular formula is C31H30N2O7. The van der Waals surface area contributed by atoms with E-state index in [4.69, 9.17) is 14.6 Å². The SMILES string of the molecule is CCOc1cc(/C=C2\C(=O)NC(=O)N(c3ccc(C(C)(C)C)cc3)C2=O)ccc1OCc1ccc(C(=O)O)cc1. The largest absolute Gasteiger partial charge is 0.490 e. The minimum absolute atomic E-state index is 0.104. The summed E-state index contributed by atoms with van der Waals surface area (Å²) in [4.78, 5) is 50.6. The van der Waals surface area contributed by atoms with Gasteiger partial charge in [-0.05, 0) is 71.5 Å². The van der Waals surface area contributed by atoms with Crippen molar-refractivity contribution in [2.45, 2.75) is 39.7 Å². The van der Waals surface area contributed by atoms with Crippen molar-refractivity contribution in [2.24, 2.45) is 0 Å². The van der Waals surface area contributed by atoms with E-state index in [1.807, 2.05) is 19.1 Å². The van der Waals surface area contributed by atoms with Gasteiger partial charge in [-0.15, -0.1) is 0 Å². The Kier molecular flexibility index (Phi) is 8.04. The highest BCUT2D eigenvalue weighted by Crippen LogP contribution is 2.31. The smallest absolute Gasteiger partial charge is 0.335 e. The summed E-state index contributed by atoms with van der Waals surface area (Å²) in [5.74, 6) is -1.71. The standard InChI is InChI=1S/C31H30N2O7/c1-5-39-26-17-20(8-15-25(26)40-18-19-6-9-21(10-7-19)29(36)37)16-24-27(34)32-30(38)33(28(24)35)23-13-11-22(12-14-23)31(2,3)4/h6-17H,5,18H2,1-4H3,(H,36,37)(H,32,34,38)/b24-16+. The van der Waals surface area contributed by atoms with Gasteiger partial charge in [-0.25, -0.2) is 14.5 Å². The van der Waals surface area contributed by atoms with Gasteiger partial charge in [-0.3, -0.25) is 14.9 Å². The van der Waals surface area contributed by atoms with Crippen LogP contribution in [0.15, 0.2) is 72.3 Å². The Morgan fingerprint density at radius 2 is 1.60 bits per heavy atom. The van der Waals surface area contributed by atoms with Crippen LogP contribution in [0.2, 0.25) is 0 Å². The third kappa shape index (κ3) is 6.20. The first-order chi connectivity index (χ1) is 19.0. The Morgan fingerprint density at radius 3 is 2.20 bits per heavy atom. The number of hydrogen-bond donors (Lipinski definition) is 2. The first kappa shape index (κ1) is 28.1. The number of nitrogens with zero attached hydrogens (tertiary/aromatic N) is 1. The number of rotatable bonds is 8. The second kappa shape index (κ2) is 11.4. The molecule has 2 N–H and O–H groups in total. The molecule has 40 heavy (non-hydrogen) atoms. The van der Waals surface area contributed by atoms with E-state index in [0.717, 1.165) is 16.0 Å². The maximum Gasteiger partial charge on any atom is 0.335 e. The van der Waals surface area contributed by atoms with Crippen molar-refractivity contribution < 1.29 is 33.8 Å². The number of anilines is 1. The molecule has 9 heteroatoms. The van der Waals surface area contributed by atoms with E-state index in [1.54, 1.807) is 42.5 Å². The van der Waals surface area contributed by atoms with Crippen LogP contribution in [0.5, 0.6) is 11.5 Å². The van der Waals surface area contributed by atoms with Crippen LogP contribution in [0.25, 0.3) is 6.08 Å². The zero-order valence-electron chi connectivity index (χ0n) is 22.7. The Labute approximate surface area is 232 Å². The number of amides is 4. The number of carboxylic acids is 1. The number of ether oxygens (including phenoxy) is 2. The number of nitrogens with one attached hydrogen (secondary N) is 1. The van der Waals surface area contributed by atoms with E-state index < -0.39 is 23.8 Å². The highest BCUT2D eigenvalue weighted by molar-refractivity contribution is 6.39. The molecule has 1 saturated heterocycles. The third-order valence-corrected chi connectivity index (χ3v) is 6.27. The average molecular weight is 543 g/mol. The fourth-order valence-corrected chi connectivity index (χ4v) is 4.08. The Morgan fingerprint density at radius 1 is 0.925 bits per heavy atom. The molecule has 0 radical (unpaired) electrons. The fourth-order valence-electron chi connectivity index (χ4n) is 4.08. The molecular weight excluding hydrogens is 512 g/mol. The van der Waals surface area contributed by atoms with Crippen molar-refractivity contribution in [2.75, 3.05) is 11.5 Å². The number of urea groups is 1. The second-order valence-electron chi connectivity index (χ2n) is 10.2. The molecule has 3 aromatic carbocycles. The zero-order valence-corrected chi connectivity index (χ0v) is 22.7. The molecule has 1 heterocycles. The van der Waals surface area contributed by atoms with Crippen LogP contribution in [0, 0.1) is 0 Å². The maximum absolute atomic E-state index is 13.3. The molecule has 9 nitrogen and oxygen atoms in total. The van der Waals surface area contributed by atoms with Gasteiger partial charge in [-0.2, -0.15) is 0 Å². The van der Waals surface area contributed by atoms with Gasteiger partial charge in [0.2, 0.25) is 0 Å². The van der Waals surface area contributed by atoms with Crippen molar-refractivity contribution >= 4 is 35.6 Å². The number of carboxylic acid groups (broad SMARTS) is 1. The monoisotopic (exact) mass is 542 g/mol. The van der Waals surface area contributed by atoms with E-state index in [1.165, 1.54) is 18.2 Å². The minimum Gasteiger partial charge on any atom is -0.490 e. The van der Waals surface area contributed by atoms with Gasteiger partial charge in [-0.1, -0.05) is 51.1 Å². The Hall–Kier alpha value is -4.92. The van der Waals surface area contributed by atoms with Crippen LogP contribution in [-0.4, -0.2) is 35.5 Å². The summed E-state index contributed by atoms with van der Waals surface area (Å²) in [7, 11) is 0. The molecule has 0 aromatic heterocycles. The summed E-state index contributed by atoms with van der Waals surface area (Å²) in [6.07, 6.45) is 1.40. The topological polar surface area (TPSA) is 122 Å². The number of imide groups is 2. The van der Waals surface area contributed by atoms with Crippen molar-refractivity contribution in [3.05, 3.63) is 94.6 Å². The van der Waals surface area contributed by atoms with E-state index in [-0.39, 0.29) is 23.2 Å². The van der Waals surface area contributed by atoms with Crippen LogP contribution in [0.1, 0.15) is 54.7 Å². The molecule has 0 saturated carbocycles. The lowest BCUT2D eigenvalue weighted by molar-refractivity contribution is -0.122. The van der Waals surface area contributed by atoms with E-state index in [2.05, 4.69) is 26.1 Å². The van der Waals surface area contributed by atoms with Gasteiger partial charge in [0.05, 0.1) is 17.9 Å². The number of benzene rings is 3. The van der Waals surface area contributed by atoms with E-state index >= 15 is 0 Å². The van der Waals surface area contributed by atoms with Crippen molar-refractivity contribution in [3.63, 3.8) is 0 Å². The molecule has 0 aliphatic carbocycles. The van der Waals surface area contributed by atoms with Gasteiger partial charge in [0.1, 0.15) is 12.2 Å². The summed E-state index contributed by atoms with van der Waals surface area (Å²) < 4.78 is 11.6. The van der Waals surface area contributed by atoms with Crippen LogP contribution < -0.4 is 19.7 Å². The number of carbonyl (C=O) groups is 4. The molecule has 4 amide bonds. The molecule has 4 rings (SSSR count). The highest BCUT2D eigenvalue weighted by Gasteiger charge is 2.37. The fraction of sp³-hybridized carbons (Fsp3) is 0.226. The van der Waals surface area contributed by atoms with Gasteiger partial charge < -0.3 is 14.6 Å². The predicted molar refractivity (Wildman–Crippen MR) is 149 cm³/mol. The summed E-state index contributed by atoms with van der Waals surface area (Å²) in [6.45, 7) is 8.51. The molecule has 1 aliphatic rings. The molecule has 0 bridgehead atoms. The molecule has 0 spiro atoms. The molecule has 0 unspecified atom stereocenters. The lowest BCUT2D eigenvalue weighted by atomic mass is 9.87. The molecule has 0 atom stereocenters. The normalized spacial score (nSPS) is 14.8. The lowest BCUT2D eigenvalue weighted by Gasteiger charge is -2.27. The van der Waals surface area contributed by atoms with Crippen LogP contribution in [0.3, 0.4) is 0 Å². The van der Waals surface area contributed by atoms with Gasteiger partial charge in [0, 0.05) is 0 Å². The predicted octanol–water partition coefficient (Wildman–Crippen LogP) is 5.33. The van der Waals surface area contributed by atoms with E-state index in [9.17, 15) is 19.2 Å². The number of carbonyl (C=O) groups excluding carboxylic acids is 3. The first-order valence-electron chi connectivity index (χ1n) is 12.7. The summed E-state index contributed by atoms with van der Waals surface area (Å²) in [6, 6.07) is 17.5. The van der Waals surface area contributed by atoms with Gasteiger partial charge >= 0.3 is 12.0 Å². The van der Waals surface area contributed by atoms with Crippen LogP contribution in [0.4, 0.5) is 10.5 Å². The number of hydrogen-bond acceptors (Lipinski definition) is 6. The van der Waals surface area contributed by atoms with Crippen LogP contribution in [-0.2, 0) is 21.6 Å².